The summed E-state index contributed by atoms with van der Waals surface area (Å²) in [6.45, 7) is 6.48. The van der Waals surface area contributed by atoms with Crippen LogP contribution in [-0.4, -0.2) is 36.9 Å². The monoisotopic (exact) mass is 394 g/mol. The summed E-state index contributed by atoms with van der Waals surface area (Å²) < 4.78 is 34.0. The average molecular weight is 395 g/mol. The van der Waals surface area contributed by atoms with E-state index in [9.17, 15) is 8.42 Å². The van der Waals surface area contributed by atoms with Crippen molar-refractivity contribution >= 4 is 21.6 Å². The van der Waals surface area contributed by atoms with Crippen molar-refractivity contribution in [3.63, 3.8) is 0 Å². The standard InChI is InChI=1S/C19H23ClN2O3S/c1-13-9-14(2)19(15(3)10-13)26(23,24)22-8-4-5-16(12-22)25-18-6-7-21-11-17(18)20/h6-7,9-11,16H,4-5,8,12H2,1-3H3/t16-/m1/s1. The molecule has 0 spiro atoms. The highest BCUT2D eigenvalue weighted by atomic mass is 35.5. The van der Waals surface area contributed by atoms with E-state index < -0.39 is 10.0 Å². The Kier molecular flexibility index (Phi) is 5.55. The number of hydrogen-bond acceptors (Lipinski definition) is 4. The van der Waals surface area contributed by atoms with Crippen molar-refractivity contribution in [2.75, 3.05) is 13.1 Å². The van der Waals surface area contributed by atoms with Gasteiger partial charge in [0, 0.05) is 25.0 Å². The molecule has 1 aliphatic heterocycles. The molecule has 1 aliphatic rings. The quantitative estimate of drug-likeness (QED) is 0.789. The Morgan fingerprint density at radius 1 is 1.23 bits per heavy atom. The summed E-state index contributed by atoms with van der Waals surface area (Å²) in [5, 5.41) is 0.428. The number of pyridine rings is 1. The maximum atomic E-state index is 13.2. The average Bonchev–Trinajstić information content (AvgIpc) is 2.56. The van der Waals surface area contributed by atoms with Crippen molar-refractivity contribution in [1.29, 1.82) is 0 Å². The number of rotatable bonds is 4. The third-order valence-corrected chi connectivity index (χ3v) is 7.03. The molecule has 2 heterocycles. The van der Waals surface area contributed by atoms with Crippen molar-refractivity contribution in [3.05, 3.63) is 52.3 Å². The number of hydrogen-bond donors (Lipinski definition) is 0. The first kappa shape index (κ1) is 19.1. The molecular weight excluding hydrogens is 372 g/mol. The molecule has 1 saturated heterocycles. The minimum absolute atomic E-state index is 0.232. The van der Waals surface area contributed by atoms with E-state index >= 15 is 0 Å². The minimum atomic E-state index is -3.57. The van der Waals surface area contributed by atoms with Crippen molar-refractivity contribution in [2.45, 2.75) is 44.6 Å². The fourth-order valence-corrected chi connectivity index (χ4v) is 5.65. The number of benzene rings is 1. The lowest BCUT2D eigenvalue weighted by Crippen LogP contribution is -2.44. The molecule has 0 amide bonds. The zero-order valence-corrected chi connectivity index (χ0v) is 16.8. The highest BCUT2D eigenvalue weighted by Crippen LogP contribution is 2.30. The molecule has 1 fully saturated rings. The number of nitrogens with zero attached hydrogens (tertiary/aromatic N) is 2. The second kappa shape index (κ2) is 7.55. The van der Waals surface area contributed by atoms with Gasteiger partial charge in [-0.3, -0.25) is 4.98 Å². The van der Waals surface area contributed by atoms with Gasteiger partial charge in [0.1, 0.15) is 16.9 Å². The summed E-state index contributed by atoms with van der Waals surface area (Å²) >= 11 is 6.10. The smallest absolute Gasteiger partial charge is 0.243 e. The molecule has 0 N–H and O–H groups in total. The lowest BCUT2D eigenvalue weighted by Gasteiger charge is -2.33. The van der Waals surface area contributed by atoms with E-state index in [4.69, 9.17) is 16.3 Å². The summed E-state index contributed by atoms with van der Waals surface area (Å²) in [5.41, 5.74) is 2.62. The topological polar surface area (TPSA) is 59.5 Å². The molecular formula is C19H23ClN2O3S. The van der Waals surface area contributed by atoms with E-state index in [0.29, 0.717) is 28.8 Å². The van der Waals surface area contributed by atoms with E-state index in [1.54, 1.807) is 12.3 Å². The molecule has 2 aromatic rings. The Hall–Kier alpha value is -1.63. The van der Waals surface area contributed by atoms with Gasteiger partial charge in [0.05, 0.1) is 11.4 Å². The highest BCUT2D eigenvalue weighted by molar-refractivity contribution is 7.89. The maximum Gasteiger partial charge on any atom is 0.243 e. The summed E-state index contributed by atoms with van der Waals surface area (Å²) in [6.07, 6.45) is 4.43. The first-order valence-corrected chi connectivity index (χ1v) is 10.4. The van der Waals surface area contributed by atoms with E-state index in [1.807, 2.05) is 32.9 Å². The normalized spacial score (nSPS) is 18.7. The second-order valence-corrected chi connectivity index (χ2v) is 9.06. The molecule has 0 radical (unpaired) electrons. The summed E-state index contributed by atoms with van der Waals surface area (Å²) in [7, 11) is -3.57. The molecule has 1 aromatic heterocycles. The van der Waals surface area contributed by atoms with Crippen LogP contribution in [0.5, 0.6) is 5.75 Å². The van der Waals surface area contributed by atoms with Gasteiger partial charge in [0.15, 0.2) is 0 Å². The van der Waals surface area contributed by atoms with Crippen LogP contribution in [0, 0.1) is 20.8 Å². The molecule has 5 nitrogen and oxygen atoms in total. The van der Waals surface area contributed by atoms with Crippen LogP contribution in [-0.2, 0) is 10.0 Å². The van der Waals surface area contributed by atoms with E-state index in [0.717, 1.165) is 29.5 Å². The second-order valence-electron chi connectivity index (χ2n) is 6.78. The molecule has 26 heavy (non-hydrogen) atoms. The first-order valence-electron chi connectivity index (χ1n) is 8.63. The van der Waals surface area contributed by atoms with Gasteiger partial charge in [-0.1, -0.05) is 29.3 Å². The molecule has 3 rings (SSSR count). The van der Waals surface area contributed by atoms with Crippen molar-refractivity contribution in [1.82, 2.24) is 9.29 Å². The van der Waals surface area contributed by atoms with Gasteiger partial charge in [-0.15, -0.1) is 0 Å². The molecule has 1 aromatic carbocycles. The van der Waals surface area contributed by atoms with Gasteiger partial charge in [0.25, 0.3) is 0 Å². The molecule has 140 valence electrons. The Balaban J connectivity index is 1.84. The minimum Gasteiger partial charge on any atom is -0.487 e. The predicted octanol–water partition coefficient (Wildman–Crippen LogP) is 3.89. The largest absolute Gasteiger partial charge is 0.487 e. The SMILES string of the molecule is Cc1cc(C)c(S(=O)(=O)N2CCC[C@@H](Oc3ccncc3Cl)C2)c(C)c1. The van der Waals surface area contributed by atoms with Gasteiger partial charge < -0.3 is 4.74 Å². The van der Waals surface area contributed by atoms with Crippen LogP contribution in [0.25, 0.3) is 0 Å². The molecule has 1 atom stereocenters. The number of aromatic nitrogens is 1. The molecule has 7 heteroatoms. The van der Waals surface area contributed by atoms with E-state index in [1.165, 1.54) is 10.5 Å². The maximum absolute atomic E-state index is 13.2. The van der Waals surface area contributed by atoms with Crippen LogP contribution in [0.2, 0.25) is 5.02 Å². The third kappa shape index (κ3) is 3.87. The van der Waals surface area contributed by atoms with Crippen LogP contribution >= 0.6 is 11.6 Å². The van der Waals surface area contributed by atoms with Crippen LogP contribution in [0.15, 0.2) is 35.5 Å². The van der Waals surface area contributed by atoms with Crippen LogP contribution in [0.1, 0.15) is 29.5 Å². The Bertz CT molecular complexity index is 892. The summed E-state index contributed by atoms with van der Waals surface area (Å²) in [4.78, 5) is 4.35. The number of halogens is 1. The summed E-state index contributed by atoms with van der Waals surface area (Å²) in [6, 6.07) is 5.52. The van der Waals surface area contributed by atoms with Crippen LogP contribution in [0.3, 0.4) is 0 Å². The predicted molar refractivity (Wildman–Crippen MR) is 102 cm³/mol. The van der Waals surface area contributed by atoms with Gasteiger partial charge >= 0.3 is 0 Å². The van der Waals surface area contributed by atoms with Gasteiger partial charge in [-0.2, -0.15) is 4.31 Å². The molecule has 0 unspecified atom stereocenters. The Morgan fingerprint density at radius 2 is 1.92 bits per heavy atom. The zero-order valence-electron chi connectivity index (χ0n) is 15.2. The lowest BCUT2D eigenvalue weighted by molar-refractivity contribution is 0.129. The number of ether oxygens (including phenoxy) is 1. The van der Waals surface area contributed by atoms with Gasteiger partial charge in [-0.05, 0) is 44.7 Å². The zero-order chi connectivity index (χ0) is 18.9. The third-order valence-electron chi connectivity index (χ3n) is 4.57. The fraction of sp³-hybridized carbons (Fsp3) is 0.421. The Labute approximate surface area is 160 Å². The summed E-state index contributed by atoms with van der Waals surface area (Å²) in [5.74, 6) is 0.536. The van der Waals surface area contributed by atoms with E-state index in [2.05, 4.69) is 4.98 Å². The fourth-order valence-electron chi connectivity index (χ4n) is 3.56. The number of piperidine rings is 1. The van der Waals surface area contributed by atoms with Crippen molar-refractivity contribution in [2.24, 2.45) is 0 Å². The lowest BCUT2D eigenvalue weighted by atomic mass is 10.1. The van der Waals surface area contributed by atoms with Crippen molar-refractivity contribution in [3.8, 4) is 5.75 Å². The highest BCUT2D eigenvalue weighted by Gasteiger charge is 2.33. The molecule has 0 saturated carbocycles. The van der Waals surface area contributed by atoms with Gasteiger partial charge in [-0.25, -0.2) is 8.42 Å². The first-order chi connectivity index (χ1) is 12.3. The van der Waals surface area contributed by atoms with E-state index in [-0.39, 0.29) is 6.10 Å². The molecule has 0 aliphatic carbocycles. The number of sulfonamides is 1. The van der Waals surface area contributed by atoms with Crippen molar-refractivity contribution < 1.29 is 13.2 Å². The number of aryl methyl sites for hydroxylation is 3. The van der Waals surface area contributed by atoms with Crippen LogP contribution in [0.4, 0.5) is 0 Å². The Morgan fingerprint density at radius 3 is 2.58 bits per heavy atom. The van der Waals surface area contributed by atoms with Crippen LogP contribution < -0.4 is 4.74 Å². The molecule has 0 bridgehead atoms. The van der Waals surface area contributed by atoms with Gasteiger partial charge in [0.2, 0.25) is 10.0 Å².